The number of amides is 1. The lowest BCUT2D eigenvalue weighted by molar-refractivity contribution is -0.162. The summed E-state index contributed by atoms with van der Waals surface area (Å²) in [5.41, 5.74) is -1.04. The van der Waals surface area contributed by atoms with Crippen LogP contribution < -0.4 is 0 Å². The Morgan fingerprint density at radius 2 is 2.11 bits per heavy atom. The van der Waals surface area contributed by atoms with Crippen molar-refractivity contribution in [3.63, 3.8) is 0 Å². The number of carbonyl (C=O) groups is 2. The van der Waals surface area contributed by atoms with E-state index in [0.717, 1.165) is 12.8 Å². The first kappa shape index (κ1) is 13.3. The van der Waals surface area contributed by atoms with Gasteiger partial charge in [0.2, 0.25) is 5.91 Å². The molecule has 2 aliphatic heterocycles. The molecule has 0 aromatic rings. The van der Waals surface area contributed by atoms with Crippen LogP contribution in [-0.4, -0.2) is 46.7 Å². The van der Waals surface area contributed by atoms with Gasteiger partial charge in [-0.25, -0.2) is 4.79 Å². The van der Waals surface area contributed by atoms with E-state index in [1.54, 1.807) is 11.8 Å². The zero-order valence-corrected chi connectivity index (χ0v) is 11.0. The Kier molecular flexibility index (Phi) is 3.61. The molecule has 5 nitrogen and oxygen atoms in total. The summed E-state index contributed by atoms with van der Waals surface area (Å²) in [6.45, 7) is 4.57. The third-order valence-electron chi connectivity index (χ3n) is 4.17. The van der Waals surface area contributed by atoms with Gasteiger partial charge in [0, 0.05) is 6.54 Å². The van der Waals surface area contributed by atoms with Crippen LogP contribution in [0.4, 0.5) is 0 Å². The van der Waals surface area contributed by atoms with E-state index in [4.69, 9.17) is 4.74 Å². The molecule has 2 rings (SSSR count). The van der Waals surface area contributed by atoms with Gasteiger partial charge in [-0.1, -0.05) is 0 Å². The van der Waals surface area contributed by atoms with Gasteiger partial charge < -0.3 is 14.7 Å². The third kappa shape index (κ3) is 2.23. The predicted octanol–water partition coefficient (Wildman–Crippen LogP) is 1.27. The van der Waals surface area contributed by atoms with E-state index in [1.807, 2.05) is 6.92 Å². The van der Waals surface area contributed by atoms with Gasteiger partial charge in [0.05, 0.1) is 18.6 Å². The zero-order valence-electron chi connectivity index (χ0n) is 11.0. The van der Waals surface area contributed by atoms with Crippen molar-refractivity contribution >= 4 is 11.9 Å². The summed E-state index contributed by atoms with van der Waals surface area (Å²) in [6, 6.07) is 0. The van der Waals surface area contributed by atoms with E-state index in [-0.39, 0.29) is 17.9 Å². The first-order valence-electron chi connectivity index (χ1n) is 6.61. The average molecular weight is 255 g/mol. The van der Waals surface area contributed by atoms with E-state index in [2.05, 4.69) is 0 Å². The van der Waals surface area contributed by atoms with Crippen molar-refractivity contribution in [2.45, 2.75) is 51.2 Å². The molecule has 18 heavy (non-hydrogen) atoms. The van der Waals surface area contributed by atoms with Gasteiger partial charge in [-0.2, -0.15) is 0 Å². The van der Waals surface area contributed by atoms with Gasteiger partial charge >= 0.3 is 5.97 Å². The van der Waals surface area contributed by atoms with Gasteiger partial charge in [0.15, 0.2) is 0 Å². The number of hydrogen-bond acceptors (Lipinski definition) is 3. The number of aliphatic carboxylic acids is 1. The molecule has 0 spiro atoms. The maximum absolute atomic E-state index is 12.4. The third-order valence-corrected chi connectivity index (χ3v) is 4.17. The van der Waals surface area contributed by atoms with Crippen molar-refractivity contribution in [3.8, 4) is 0 Å². The van der Waals surface area contributed by atoms with Crippen LogP contribution in [0.5, 0.6) is 0 Å². The number of ether oxygens (including phenoxy) is 1. The van der Waals surface area contributed by atoms with E-state index in [0.29, 0.717) is 26.0 Å². The Bertz CT molecular complexity index is 357. The second kappa shape index (κ2) is 4.88. The number of rotatable bonds is 2. The first-order chi connectivity index (χ1) is 8.45. The highest BCUT2D eigenvalue weighted by Crippen LogP contribution is 2.32. The van der Waals surface area contributed by atoms with Crippen LogP contribution in [0, 0.1) is 5.92 Å². The highest BCUT2D eigenvalue weighted by Gasteiger charge is 2.46. The van der Waals surface area contributed by atoms with Gasteiger partial charge in [-0.3, -0.25) is 4.79 Å². The number of piperidine rings is 1. The van der Waals surface area contributed by atoms with Gasteiger partial charge in [0.1, 0.15) is 5.54 Å². The highest BCUT2D eigenvalue weighted by atomic mass is 16.5. The Morgan fingerprint density at radius 1 is 1.39 bits per heavy atom. The van der Waals surface area contributed by atoms with E-state index >= 15 is 0 Å². The van der Waals surface area contributed by atoms with Crippen molar-refractivity contribution in [2.24, 2.45) is 5.92 Å². The second-order valence-electron chi connectivity index (χ2n) is 5.60. The Balaban J connectivity index is 2.14. The topological polar surface area (TPSA) is 66.8 Å². The Hall–Kier alpha value is -1.10. The summed E-state index contributed by atoms with van der Waals surface area (Å²) in [7, 11) is 0. The number of carboxylic acids is 1. The summed E-state index contributed by atoms with van der Waals surface area (Å²) in [4.78, 5) is 25.5. The maximum Gasteiger partial charge on any atom is 0.329 e. The number of carbonyl (C=O) groups excluding carboxylic acids is 1. The molecule has 3 unspecified atom stereocenters. The molecule has 2 fully saturated rings. The Morgan fingerprint density at radius 3 is 2.67 bits per heavy atom. The fourth-order valence-electron chi connectivity index (χ4n) is 2.91. The Labute approximate surface area is 107 Å². The van der Waals surface area contributed by atoms with Gasteiger partial charge in [-0.05, 0) is 39.5 Å². The SMILES string of the molecule is CC1CC(C(=O)N2CCCCC2(C)C(=O)O)CO1. The molecule has 2 saturated heterocycles. The summed E-state index contributed by atoms with van der Waals surface area (Å²) >= 11 is 0. The molecular weight excluding hydrogens is 234 g/mol. The molecule has 2 aliphatic rings. The number of hydrogen-bond donors (Lipinski definition) is 1. The number of nitrogens with zero attached hydrogens (tertiary/aromatic N) is 1. The standard InChI is InChI=1S/C13H21NO4/c1-9-7-10(8-18-9)11(15)14-6-4-3-5-13(14,2)12(16)17/h9-10H,3-8H2,1-2H3,(H,16,17). The minimum Gasteiger partial charge on any atom is -0.480 e. The van der Waals surface area contributed by atoms with Crippen LogP contribution in [0.2, 0.25) is 0 Å². The van der Waals surface area contributed by atoms with Crippen molar-refractivity contribution < 1.29 is 19.4 Å². The highest BCUT2D eigenvalue weighted by molar-refractivity contribution is 5.88. The molecule has 5 heteroatoms. The summed E-state index contributed by atoms with van der Waals surface area (Å²) in [5, 5.41) is 9.39. The van der Waals surface area contributed by atoms with E-state index < -0.39 is 11.5 Å². The predicted molar refractivity (Wildman–Crippen MR) is 65.1 cm³/mol. The summed E-state index contributed by atoms with van der Waals surface area (Å²) in [5.74, 6) is -1.12. The monoisotopic (exact) mass is 255 g/mol. The van der Waals surface area contributed by atoms with Crippen LogP contribution in [0.3, 0.4) is 0 Å². The second-order valence-corrected chi connectivity index (χ2v) is 5.60. The minimum atomic E-state index is -1.04. The minimum absolute atomic E-state index is 0.0519. The molecule has 102 valence electrons. The van der Waals surface area contributed by atoms with Crippen molar-refractivity contribution in [2.75, 3.05) is 13.2 Å². The first-order valence-corrected chi connectivity index (χ1v) is 6.61. The molecule has 1 amide bonds. The molecule has 0 aromatic heterocycles. The quantitative estimate of drug-likeness (QED) is 0.807. The summed E-state index contributed by atoms with van der Waals surface area (Å²) in [6.07, 6.45) is 3.09. The molecule has 3 atom stereocenters. The number of likely N-dealkylation sites (tertiary alicyclic amines) is 1. The van der Waals surface area contributed by atoms with Crippen molar-refractivity contribution in [1.29, 1.82) is 0 Å². The fourth-order valence-corrected chi connectivity index (χ4v) is 2.91. The molecule has 2 heterocycles. The van der Waals surface area contributed by atoms with Gasteiger partial charge in [0.25, 0.3) is 0 Å². The lowest BCUT2D eigenvalue weighted by Gasteiger charge is -2.42. The van der Waals surface area contributed by atoms with Crippen LogP contribution in [-0.2, 0) is 14.3 Å². The van der Waals surface area contributed by atoms with Gasteiger partial charge in [-0.15, -0.1) is 0 Å². The molecule has 0 bridgehead atoms. The van der Waals surface area contributed by atoms with E-state index in [1.165, 1.54) is 0 Å². The van der Waals surface area contributed by atoms with Crippen LogP contribution in [0.15, 0.2) is 0 Å². The normalized spacial score (nSPS) is 36.7. The van der Waals surface area contributed by atoms with Crippen molar-refractivity contribution in [1.82, 2.24) is 4.90 Å². The molecule has 0 aliphatic carbocycles. The van der Waals surface area contributed by atoms with Crippen molar-refractivity contribution in [3.05, 3.63) is 0 Å². The van der Waals surface area contributed by atoms with Crippen LogP contribution in [0.25, 0.3) is 0 Å². The molecule has 0 radical (unpaired) electrons. The maximum atomic E-state index is 12.4. The molecule has 1 N–H and O–H groups in total. The molecule has 0 aromatic carbocycles. The molecular formula is C13H21NO4. The lowest BCUT2D eigenvalue weighted by atomic mass is 9.87. The number of carboxylic acid groups (broad SMARTS) is 1. The fraction of sp³-hybridized carbons (Fsp3) is 0.846. The van der Waals surface area contributed by atoms with Crippen LogP contribution >= 0.6 is 0 Å². The van der Waals surface area contributed by atoms with Crippen LogP contribution in [0.1, 0.15) is 39.5 Å². The lowest BCUT2D eigenvalue weighted by Crippen LogP contribution is -2.58. The van der Waals surface area contributed by atoms with E-state index in [9.17, 15) is 14.7 Å². The summed E-state index contributed by atoms with van der Waals surface area (Å²) < 4.78 is 5.41. The largest absolute Gasteiger partial charge is 0.480 e. The smallest absolute Gasteiger partial charge is 0.329 e. The molecule has 0 saturated carbocycles. The zero-order chi connectivity index (χ0) is 13.3. The average Bonchev–Trinajstić information content (AvgIpc) is 2.75.